The molecule has 6 nitrogen and oxygen atoms in total. The van der Waals surface area contributed by atoms with Crippen LogP contribution in [0.5, 0.6) is 0 Å². The van der Waals surface area contributed by atoms with Crippen LogP contribution in [0.2, 0.25) is 0 Å². The van der Waals surface area contributed by atoms with E-state index in [9.17, 15) is 4.79 Å². The number of imidazole rings is 1. The highest BCUT2D eigenvalue weighted by atomic mass is 32.1. The Morgan fingerprint density at radius 3 is 3.00 bits per heavy atom. The Hall–Kier alpha value is -2.28. The van der Waals surface area contributed by atoms with Gasteiger partial charge in [0.2, 0.25) is 0 Å². The summed E-state index contributed by atoms with van der Waals surface area (Å²) in [6.07, 6.45) is 5.45. The van der Waals surface area contributed by atoms with Crippen LogP contribution in [-0.2, 0) is 18.9 Å². The lowest BCUT2D eigenvalue weighted by Gasteiger charge is -2.15. The second-order valence-electron chi connectivity index (χ2n) is 6.52. The van der Waals surface area contributed by atoms with Gasteiger partial charge < -0.3 is 4.57 Å². The molecule has 0 radical (unpaired) electrons. The highest BCUT2D eigenvalue weighted by Gasteiger charge is 2.34. The van der Waals surface area contributed by atoms with Crippen LogP contribution >= 0.6 is 11.3 Å². The van der Waals surface area contributed by atoms with Crippen LogP contribution in [0.1, 0.15) is 41.2 Å². The molecule has 0 bridgehead atoms. The SMILES string of the molecule is Cn1cnc2c(C(=O)Nc3nc4c(s3)CCC4(C)C)ccnc21. The molecular weight excluding hydrogens is 310 g/mol. The van der Waals surface area contributed by atoms with E-state index in [0.717, 1.165) is 18.5 Å². The van der Waals surface area contributed by atoms with Gasteiger partial charge in [-0.05, 0) is 18.9 Å². The van der Waals surface area contributed by atoms with Gasteiger partial charge in [0.1, 0.15) is 5.52 Å². The lowest BCUT2D eigenvalue weighted by Crippen LogP contribution is -2.15. The maximum Gasteiger partial charge on any atom is 0.259 e. The van der Waals surface area contributed by atoms with Gasteiger partial charge in [-0.2, -0.15) is 0 Å². The van der Waals surface area contributed by atoms with E-state index in [2.05, 4.69) is 34.1 Å². The number of aromatic nitrogens is 4. The average molecular weight is 327 g/mol. The molecule has 1 aliphatic rings. The quantitative estimate of drug-likeness (QED) is 0.785. The topological polar surface area (TPSA) is 72.7 Å². The van der Waals surface area contributed by atoms with Crippen LogP contribution in [0.25, 0.3) is 11.2 Å². The number of thiazole rings is 1. The predicted octanol–water partition coefficient (Wildman–Crippen LogP) is 2.90. The fourth-order valence-corrected chi connectivity index (χ4v) is 4.16. The summed E-state index contributed by atoms with van der Waals surface area (Å²) in [6.45, 7) is 4.40. The molecule has 1 amide bonds. The first-order chi connectivity index (χ1) is 11.0. The Morgan fingerprint density at radius 1 is 1.39 bits per heavy atom. The third-order valence-corrected chi connectivity index (χ3v) is 5.41. The van der Waals surface area contributed by atoms with Crippen molar-refractivity contribution in [3.8, 4) is 0 Å². The van der Waals surface area contributed by atoms with Gasteiger partial charge in [-0.15, -0.1) is 11.3 Å². The first-order valence-corrected chi connectivity index (χ1v) is 8.35. The molecule has 0 aliphatic heterocycles. The third kappa shape index (κ3) is 2.23. The van der Waals surface area contributed by atoms with E-state index in [1.165, 1.54) is 4.88 Å². The van der Waals surface area contributed by atoms with Gasteiger partial charge in [-0.25, -0.2) is 15.0 Å². The van der Waals surface area contributed by atoms with Crippen molar-refractivity contribution in [2.24, 2.45) is 7.05 Å². The Kier molecular flexibility index (Phi) is 3.02. The van der Waals surface area contributed by atoms with Crippen LogP contribution in [0.3, 0.4) is 0 Å². The first-order valence-electron chi connectivity index (χ1n) is 7.53. The number of aryl methyl sites for hydroxylation is 2. The number of carbonyl (C=O) groups excluding carboxylic acids is 1. The average Bonchev–Trinajstić information content (AvgIpc) is 3.16. The van der Waals surface area contributed by atoms with Crippen LogP contribution in [0, 0.1) is 0 Å². The number of pyridine rings is 1. The minimum atomic E-state index is -0.193. The van der Waals surface area contributed by atoms with Gasteiger partial charge in [0.15, 0.2) is 10.8 Å². The molecule has 7 heteroatoms. The first kappa shape index (κ1) is 14.3. The number of anilines is 1. The van der Waals surface area contributed by atoms with E-state index in [1.54, 1.807) is 34.5 Å². The van der Waals surface area contributed by atoms with Crippen molar-refractivity contribution >= 4 is 33.5 Å². The molecule has 0 saturated carbocycles. The molecule has 118 valence electrons. The summed E-state index contributed by atoms with van der Waals surface area (Å²) in [7, 11) is 1.86. The molecule has 23 heavy (non-hydrogen) atoms. The van der Waals surface area contributed by atoms with Crippen molar-refractivity contribution in [2.75, 3.05) is 5.32 Å². The maximum absolute atomic E-state index is 12.6. The molecule has 4 rings (SSSR count). The van der Waals surface area contributed by atoms with E-state index < -0.39 is 0 Å². The summed E-state index contributed by atoms with van der Waals surface area (Å²) in [5.41, 5.74) is 3.04. The molecule has 0 fully saturated rings. The molecule has 3 aromatic heterocycles. The second-order valence-corrected chi connectivity index (χ2v) is 7.60. The molecule has 3 aromatic rings. The molecular formula is C16H17N5OS. The number of fused-ring (bicyclic) bond motifs is 2. The van der Waals surface area contributed by atoms with E-state index in [0.29, 0.717) is 21.9 Å². The summed E-state index contributed by atoms with van der Waals surface area (Å²) in [4.78, 5) is 27.1. The van der Waals surface area contributed by atoms with Crippen molar-refractivity contribution < 1.29 is 4.79 Å². The fourth-order valence-electron chi connectivity index (χ4n) is 3.02. The lowest BCUT2D eigenvalue weighted by molar-refractivity contribution is 0.102. The number of hydrogen-bond acceptors (Lipinski definition) is 5. The number of amides is 1. The Labute approximate surface area is 137 Å². The van der Waals surface area contributed by atoms with E-state index >= 15 is 0 Å². The molecule has 0 aromatic carbocycles. The van der Waals surface area contributed by atoms with Gasteiger partial charge in [-0.1, -0.05) is 13.8 Å². The zero-order valence-corrected chi connectivity index (χ0v) is 14.1. The number of rotatable bonds is 2. The number of hydrogen-bond donors (Lipinski definition) is 1. The largest absolute Gasteiger partial charge is 0.318 e. The predicted molar refractivity (Wildman–Crippen MR) is 89.9 cm³/mol. The van der Waals surface area contributed by atoms with Crippen LogP contribution in [0.4, 0.5) is 5.13 Å². The summed E-state index contributed by atoms with van der Waals surface area (Å²) in [5.74, 6) is -0.193. The smallest absolute Gasteiger partial charge is 0.259 e. The molecule has 0 spiro atoms. The molecule has 0 saturated heterocycles. The monoisotopic (exact) mass is 327 g/mol. The van der Waals surface area contributed by atoms with Crippen molar-refractivity contribution in [2.45, 2.75) is 32.1 Å². The molecule has 0 unspecified atom stereocenters. The van der Waals surface area contributed by atoms with Crippen LogP contribution in [-0.4, -0.2) is 25.4 Å². The van der Waals surface area contributed by atoms with Gasteiger partial charge >= 0.3 is 0 Å². The lowest BCUT2D eigenvalue weighted by atomic mass is 9.91. The summed E-state index contributed by atoms with van der Waals surface area (Å²) >= 11 is 1.57. The Morgan fingerprint density at radius 2 is 2.22 bits per heavy atom. The highest BCUT2D eigenvalue weighted by molar-refractivity contribution is 7.16. The van der Waals surface area contributed by atoms with Crippen molar-refractivity contribution in [1.29, 1.82) is 0 Å². The van der Waals surface area contributed by atoms with Gasteiger partial charge in [0, 0.05) is 23.5 Å². The van der Waals surface area contributed by atoms with E-state index in [1.807, 2.05) is 7.05 Å². The Bertz CT molecular complexity index is 924. The van der Waals surface area contributed by atoms with Crippen molar-refractivity contribution in [1.82, 2.24) is 19.5 Å². The standard InChI is InChI=1S/C16H17N5OS/c1-16(2)6-4-10-12(16)19-15(23-10)20-14(22)9-5-7-17-13-11(9)18-8-21(13)3/h5,7-8H,4,6H2,1-3H3,(H,19,20,22). The number of nitrogens with zero attached hydrogens (tertiary/aromatic N) is 4. The molecule has 0 atom stereocenters. The van der Waals surface area contributed by atoms with Gasteiger partial charge in [0.25, 0.3) is 5.91 Å². The van der Waals surface area contributed by atoms with Gasteiger partial charge in [-0.3, -0.25) is 10.1 Å². The molecule has 1 aliphatic carbocycles. The zero-order chi connectivity index (χ0) is 16.2. The Balaban J connectivity index is 1.66. The van der Waals surface area contributed by atoms with Gasteiger partial charge in [0.05, 0.1) is 17.6 Å². The normalized spacial score (nSPS) is 15.8. The fraction of sp³-hybridized carbons (Fsp3) is 0.375. The summed E-state index contributed by atoms with van der Waals surface area (Å²) in [5, 5.41) is 3.58. The van der Waals surface area contributed by atoms with Crippen molar-refractivity contribution in [3.63, 3.8) is 0 Å². The summed E-state index contributed by atoms with van der Waals surface area (Å²) < 4.78 is 1.80. The number of carbonyl (C=O) groups is 1. The highest BCUT2D eigenvalue weighted by Crippen LogP contribution is 2.42. The second kappa shape index (κ2) is 4.86. The molecule has 3 heterocycles. The zero-order valence-electron chi connectivity index (χ0n) is 13.3. The minimum absolute atomic E-state index is 0.0970. The van der Waals surface area contributed by atoms with E-state index in [4.69, 9.17) is 0 Å². The maximum atomic E-state index is 12.6. The third-order valence-electron chi connectivity index (χ3n) is 4.38. The minimum Gasteiger partial charge on any atom is -0.318 e. The van der Waals surface area contributed by atoms with Crippen LogP contribution in [0.15, 0.2) is 18.6 Å². The van der Waals surface area contributed by atoms with Crippen molar-refractivity contribution in [3.05, 3.63) is 34.7 Å². The number of nitrogens with one attached hydrogen (secondary N) is 1. The molecule has 1 N–H and O–H groups in total. The van der Waals surface area contributed by atoms with Crippen LogP contribution < -0.4 is 5.32 Å². The summed E-state index contributed by atoms with van der Waals surface area (Å²) in [6, 6.07) is 1.69. The van der Waals surface area contributed by atoms with E-state index in [-0.39, 0.29) is 11.3 Å².